The molecule has 5 nitrogen and oxygen atoms in total. The summed E-state index contributed by atoms with van der Waals surface area (Å²) < 4.78 is 64.0. The van der Waals surface area contributed by atoms with Gasteiger partial charge in [-0.05, 0) is 17.7 Å². The number of halogens is 3. The van der Waals surface area contributed by atoms with Gasteiger partial charge in [0, 0.05) is 6.54 Å². The number of nitrogens with two attached hydrogens (primary N) is 1. The summed E-state index contributed by atoms with van der Waals surface area (Å²) in [5.74, 6) is 0. The molecule has 94 valence electrons. The summed E-state index contributed by atoms with van der Waals surface area (Å²) in [6, 6.07) is 1.56. The van der Waals surface area contributed by atoms with Crippen LogP contribution >= 0.6 is 0 Å². The molecule has 0 spiro atoms. The summed E-state index contributed by atoms with van der Waals surface area (Å²) >= 11 is 0. The minimum atomic E-state index is -4.55. The molecule has 9 heteroatoms. The first-order chi connectivity index (χ1) is 7.73. The Kier molecular flexibility index (Phi) is 2.47. The molecular weight excluding hydrogens is 259 g/mol. The van der Waals surface area contributed by atoms with Crippen LogP contribution in [0.15, 0.2) is 12.1 Å². The Morgan fingerprint density at radius 1 is 1.24 bits per heavy atom. The number of rotatable bonds is 1. The summed E-state index contributed by atoms with van der Waals surface area (Å²) in [5, 5.41) is 0. The molecule has 0 fully saturated rings. The number of hydrogen-bond acceptors (Lipinski definition) is 3. The average Bonchev–Trinajstić information content (AvgIpc) is 2.48. The molecule has 0 aliphatic carbocycles. The fraction of sp³-hybridized carbons (Fsp3) is 0.250. The first kappa shape index (κ1) is 12.0. The third-order valence-corrected chi connectivity index (χ3v) is 3.21. The summed E-state index contributed by atoms with van der Waals surface area (Å²) in [6.45, 7) is -0.198. The van der Waals surface area contributed by atoms with E-state index in [1.807, 2.05) is 4.72 Å². The van der Waals surface area contributed by atoms with Crippen molar-refractivity contribution >= 4 is 21.6 Å². The van der Waals surface area contributed by atoms with Crippen molar-refractivity contribution in [2.45, 2.75) is 12.7 Å². The predicted molar refractivity (Wildman–Crippen MR) is 55.5 cm³/mol. The lowest BCUT2D eigenvalue weighted by Gasteiger charge is -2.11. The number of nitrogens with one attached hydrogen (secondary N) is 2. The van der Waals surface area contributed by atoms with Gasteiger partial charge in [0.1, 0.15) is 0 Å². The fourth-order valence-electron chi connectivity index (χ4n) is 1.53. The molecule has 1 aromatic rings. The van der Waals surface area contributed by atoms with Crippen LogP contribution in [0.2, 0.25) is 0 Å². The van der Waals surface area contributed by atoms with Gasteiger partial charge in [-0.1, -0.05) is 0 Å². The lowest BCUT2D eigenvalue weighted by molar-refractivity contribution is -0.137. The van der Waals surface area contributed by atoms with Gasteiger partial charge in [-0.25, -0.2) is 0 Å². The molecule has 4 N–H and O–H groups in total. The molecule has 0 bridgehead atoms. The second-order valence-electron chi connectivity index (χ2n) is 3.47. The number of hydrogen-bond donors (Lipinski definition) is 3. The Balaban J connectivity index is 2.61. The van der Waals surface area contributed by atoms with Crippen molar-refractivity contribution < 1.29 is 21.6 Å². The lowest BCUT2D eigenvalue weighted by Crippen LogP contribution is -2.13. The standard InChI is InChI=1S/C8H8F3N3O2S/c9-8(10,11)5-1-4(3-12)7-6(2-5)13-17(15,16)14-7/h1-2,13-14H,3,12H2. The van der Waals surface area contributed by atoms with Crippen LogP contribution in [0.5, 0.6) is 0 Å². The summed E-state index contributed by atoms with van der Waals surface area (Å²) in [7, 11) is -3.82. The van der Waals surface area contributed by atoms with E-state index in [0.717, 1.165) is 12.1 Å². The maximum atomic E-state index is 12.5. The first-order valence-electron chi connectivity index (χ1n) is 4.48. The second-order valence-corrected chi connectivity index (χ2v) is 4.88. The van der Waals surface area contributed by atoms with E-state index in [1.54, 1.807) is 0 Å². The normalized spacial score (nSPS) is 17.2. The highest BCUT2D eigenvalue weighted by atomic mass is 32.2. The zero-order valence-electron chi connectivity index (χ0n) is 8.30. The molecule has 0 saturated heterocycles. The van der Waals surface area contributed by atoms with Crippen molar-refractivity contribution in [3.8, 4) is 0 Å². The maximum absolute atomic E-state index is 12.5. The summed E-state index contributed by atoms with van der Waals surface area (Å²) in [6.07, 6.45) is -4.55. The maximum Gasteiger partial charge on any atom is 0.416 e. The molecule has 0 unspecified atom stereocenters. The molecule has 17 heavy (non-hydrogen) atoms. The first-order valence-corrected chi connectivity index (χ1v) is 5.96. The minimum Gasteiger partial charge on any atom is -0.326 e. The highest BCUT2D eigenvalue weighted by Crippen LogP contribution is 2.39. The molecule has 0 amide bonds. The summed E-state index contributed by atoms with van der Waals surface area (Å²) in [4.78, 5) is 0. The van der Waals surface area contributed by atoms with Crippen molar-refractivity contribution in [3.63, 3.8) is 0 Å². The van der Waals surface area contributed by atoms with E-state index < -0.39 is 21.9 Å². The summed E-state index contributed by atoms with van der Waals surface area (Å²) in [5.41, 5.74) is 4.37. The van der Waals surface area contributed by atoms with Gasteiger partial charge < -0.3 is 5.73 Å². The highest BCUT2D eigenvalue weighted by Gasteiger charge is 2.34. The molecule has 0 saturated carbocycles. The average molecular weight is 267 g/mol. The van der Waals surface area contributed by atoms with Gasteiger partial charge in [0.25, 0.3) is 0 Å². The zero-order valence-corrected chi connectivity index (χ0v) is 9.11. The van der Waals surface area contributed by atoms with Gasteiger partial charge in [-0.3, -0.25) is 9.44 Å². The van der Waals surface area contributed by atoms with Gasteiger partial charge in [0.05, 0.1) is 16.9 Å². The molecular formula is C8H8F3N3O2S. The SMILES string of the molecule is NCc1cc(C(F)(F)F)cc2c1NS(=O)(=O)N2. The molecule has 1 aromatic carbocycles. The van der Waals surface area contributed by atoms with Gasteiger partial charge in [-0.15, -0.1) is 0 Å². The van der Waals surface area contributed by atoms with Gasteiger partial charge in [0.2, 0.25) is 0 Å². The molecule has 1 heterocycles. The van der Waals surface area contributed by atoms with Crippen molar-refractivity contribution in [1.82, 2.24) is 0 Å². The fourth-order valence-corrected chi connectivity index (χ4v) is 2.54. The third-order valence-electron chi connectivity index (χ3n) is 2.25. The van der Waals surface area contributed by atoms with E-state index in [0.29, 0.717) is 0 Å². The Hall–Kier alpha value is -1.48. The number of anilines is 2. The van der Waals surface area contributed by atoms with E-state index >= 15 is 0 Å². The molecule has 0 radical (unpaired) electrons. The molecule has 2 rings (SSSR count). The molecule has 1 aliphatic rings. The van der Waals surface area contributed by atoms with Gasteiger partial charge in [-0.2, -0.15) is 21.6 Å². The number of fused-ring (bicyclic) bond motifs is 1. The third kappa shape index (κ3) is 2.15. The van der Waals surface area contributed by atoms with Crippen LogP contribution in [0.3, 0.4) is 0 Å². The highest BCUT2D eigenvalue weighted by molar-refractivity contribution is 7.94. The smallest absolute Gasteiger partial charge is 0.326 e. The topological polar surface area (TPSA) is 84.2 Å². The number of alkyl halides is 3. The van der Waals surface area contributed by atoms with E-state index in [-0.39, 0.29) is 23.5 Å². The predicted octanol–water partition coefficient (Wildman–Crippen LogP) is 1.25. The van der Waals surface area contributed by atoms with Crippen LogP contribution in [0.25, 0.3) is 0 Å². The minimum absolute atomic E-state index is 0.0699. The Morgan fingerprint density at radius 2 is 1.88 bits per heavy atom. The van der Waals surface area contributed by atoms with Gasteiger partial charge in [0.15, 0.2) is 0 Å². The Labute approximate surface area is 95.0 Å². The van der Waals surface area contributed by atoms with Crippen molar-refractivity contribution in [3.05, 3.63) is 23.3 Å². The molecule has 0 aromatic heterocycles. The van der Waals surface area contributed by atoms with Crippen molar-refractivity contribution in [2.24, 2.45) is 5.73 Å². The van der Waals surface area contributed by atoms with Crippen LogP contribution in [0, 0.1) is 0 Å². The van der Waals surface area contributed by atoms with Crippen LogP contribution < -0.4 is 15.2 Å². The van der Waals surface area contributed by atoms with Gasteiger partial charge >= 0.3 is 16.4 Å². The lowest BCUT2D eigenvalue weighted by atomic mass is 10.1. The zero-order chi connectivity index (χ0) is 12.8. The number of benzene rings is 1. The van der Waals surface area contributed by atoms with Crippen LogP contribution in [0.1, 0.15) is 11.1 Å². The Morgan fingerprint density at radius 3 is 2.41 bits per heavy atom. The van der Waals surface area contributed by atoms with E-state index in [4.69, 9.17) is 5.73 Å². The van der Waals surface area contributed by atoms with Crippen LogP contribution in [-0.4, -0.2) is 8.42 Å². The van der Waals surface area contributed by atoms with E-state index in [9.17, 15) is 21.6 Å². The van der Waals surface area contributed by atoms with Crippen LogP contribution in [-0.2, 0) is 22.9 Å². The Bertz CT molecular complexity index is 568. The largest absolute Gasteiger partial charge is 0.416 e. The monoisotopic (exact) mass is 267 g/mol. The van der Waals surface area contributed by atoms with Crippen LogP contribution in [0.4, 0.5) is 24.5 Å². The van der Waals surface area contributed by atoms with E-state index in [2.05, 4.69) is 4.72 Å². The van der Waals surface area contributed by atoms with E-state index in [1.165, 1.54) is 0 Å². The molecule has 1 aliphatic heterocycles. The second kappa shape index (κ2) is 3.50. The van der Waals surface area contributed by atoms with Crippen molar-refractivity contribution in [2.75, 3.05) is 9.44 Å². The molecule has 0 atom stereocenters. The van der Waals surface area contributed by atoms with Crippen molar-refractivity contribution in [1.29, 1.82) is 0 Å². The quantitative estimate of drug-likeness (QED) is 0.716.